The summed E-state index contributed by atoms with van der Waals surface area (Å²) in [5, 5.41) is 3.09. The summed E-state index contributed by atoms with van der Waals surface area (Å²) in [6.07, 6.45) is 1.31. The molecule has 3 aromatic rings. The Morgan fingerprint density at radius 1 is 0.973 bits per heavy atom. The average Bonchev–Trinajstić information content (AvgIpc) is 2.85. The lowest BCUT2D eigenvalue weighted by Gasteiger charge is -2.34. The molecule has 0 radical (unpaired) electrons. The number of ether oxygens (including phenoxy) is 1. The number of nitrogens with zero attached hydrogens (tertiary/aromatic N) is 1. The van der Waals surface area contributed by atoms with Gasteiger partial charge in [-0.3, -0.25) is 9.59 Å². The Kier molecular flexibility index (Phi) is 9.93. The van der Waals surface area contributed by atoms with Crippen molar-refractivity contribution in [3.05, 3.63) is 99.5 Å². The highest BCUT2D eigenvalue weighted by Gasteiger charge is 2.32. The summed E-state index contributed by atoms with van der Waals surface area (Å²) in [5.74, 6) is 0.159. The van der Waals surface area contributed by atoms with E-state index in [0.717, 1.165) is 27.6 Å². The maximum absolute atomic E-state index is 13.8. The summed E-state index contributed by atoms with van der Waals surface area (Å²) in [6.45, 7) is 10.1. The molecule has 37 heavy (non-hydrogen) atoms. The van der Waals surface area contributed by atoms with Crippen LogP contribution >= 0.6 is 15.9 Å². The van der Waals surface area contributed by atoms with Gasteiger partial charge in [-0.05, 0) is 84.4 Å². The van der Waals surface area contributed by atoms with Crippen LogP contribution in [0.5, 0.6) is 5.75 Å². The molecule has 1 N–H and O–H groups in total. The number of aryl methyl sites for hydroxylation is 2. The lowest BCUT2D eigenvalue weighted by molar-refractivity contribution is -0.143. The number of nitrogens with one attached hydrogen (secondary N) is 1. The van der Waals surface area contributed by atoms with E-state index in [2.05, 4.69) is 28.2 Å². The monoisotopic (exact) mass is 564 g/mol. The highest BCUT2D eigenvalue weighted by Crippen LogP contribution is 2.27. The number of hydrogen-bond donors (Lipinski definition) is 1. The zero-order valence-electron chi connectivity index (χ0n) is 22.4. The maximum Gasteiger partial charge on any atom is 0.261 e. The third-order valence-electron chi connectivity index (χ3n) is 6.13. The summed E-state index contributed by atoms with van der Waals surface area (Å²) >= 11 is 3.55. The number of amides is 2. The van der Waals surface area contributed by atoms with Crippen molar-refractivity contribution in [1.29, 1.82) is 0 Å². The van der Waals surface area contributed by atoms with Crippen LogP contribution in [0.15, 0.2) is 77.3 Å². The van der Waals surface area contributed by atoms with Gasteiger partial charge in [-0.25, -0.2) is 0 Å². The smallest absolute Gasteiger partial charge is 0.261 e. The second-order valence-corrected chi connectivity index (χ2v) is 11.2. The van der Waals surface area contributed by atoms with E-state index in [1.165, 1.54) is 5.56 Å². The van der Waals surface area contributed by atoms with Crippen molar-refractivity contribution in [1.82, 2.24) is 10.2 Å². The lowest BCUT2D eigenvalue weighted by atomic mass is 10.00. The molecule has 2 amide bonds. The van der Waals surface area contributed by atoms with Gasteiger partial charge in [-0.15, -0.1) is 0 Å². The standard InChI is InChI=1S/C31H37BrN2O3/c1-6-23-16-17-28(26(32)18-23)37-21-29(35)34(20-25-15-11-10-12-22(25)2)27(30(36)33-31(3,4)5)19-24-13-8-7-9-14-24/h7-18,27H,6,19-21H2,1-5H3,(H,33,36)/t27-/m1/s1. The molecule has 5 nitrogen and oxygen atoms in total. The van der Waals surface area contributed by atoms with Crippen LogP contribution in [0.3, 0.4) is 0 Å². The van der Waals surface area contributed by atoms with Gasteiger partial charge in [0.15, 0.2) is 6.61 Å². The molecular formula is C31H37BrN2O3. The van der Waals surface area contributed by atoms with Crippen LogP contribution in [0.25, 0.3) is 0 Å². The van der Waals surface area contributed by atoms with Crippen molar-refractivity contribution >= 4 is 27.7 Å². The number of carbonyl (C=O) groups is 2. The molecule has 0 saturated heterocycles. The molecule has 0 heterocycles. The summed E-state index contributed by atoms with van der Waals surface area (Å²) in [5.41, 5.74) is 3.78. The molecule has 1 atom stereocenters. The first-order chi connectivity index (χ1) is 17.6. The zero-order valence-corrected chi connectivity index (χ0v) is 24.0. The van der Waals surface area contributed by atoms with Gasteiger partial charge in [0.2, 0.25) is 5.91 Å². The molecular weight excluding hydrogens is 528 g/mol. The fraction of sp³-hybridized carbons (Fsp3) is 0.355. The van der Waals surface area contributed by atoms with Crippen molar-refractivity contribution < 1.29 is 14.3 Å². The minimum atomic E-state index is -0.705. The molecule has 3 aromatic carbocycles. The first kappa shape index (κ1) is 28.5. The highest BCUT2D eigenvalue weighted by molar-refractivity contribution is 9.10. The first-order valence-electron chi connectivity index (χ1n) is 12.7. The Hall–Kier alpha value is -3.12. The largest absolute Gasteiger partial charge is 0.483 e. The van der Waals surface area contributed by atoms with Crippen molar-refractivity contribution in [3.63, 3.8) is 0 Å². The predicted octanol–water partition coefficient (Wildman–Crippen LogP) is 6.25. The van der Waals surface area contributed by atoms with Crippen LogP contribution in [0.1, 0.15) is 49.9 Å². The Morgan fingerprint density at radius 3 is 2.27 bits per heavy atom. The van der Waals surface area contributed by atoms with E-state index >= 15 is 0 Å². The zero-order chi connectivity index (χ0) is 27.0. The fourth-order valence-electron chi connectivity index (χ4n) is 4.08. The topological polar surface area (TPSA) is 58.6 Å². The van der Waals surface area contributed by atoms with Crippen molar-refractivity contribution in [2.24, 2.45) is 0 Å². The maximum atomic E-state index is 13.8. The van der Waals surface area contributed by atoms with Crippen molar-refractivity contribution in [3.8, 4) is 5.75 Å². The average molecular weight is 566 g/mol. The molecule has 0 aliphatic heterocycles. The Bertz CT molecular complexity index is 1200. The predicted molar refractivity (Wildman–Crippen MR) is 153 cm³/mol. The van der Waals surface area contributed by atoms with Crippen LogP contribution in [0, 0.1) is 6.92 Å². The van der Waals surface area contributed by atoms with Crippen LogP contribution in [-0.4, -0.2) is 34.9 Å². The normalized spacial score (nSPS) is 12.1. The molecule has 0 bridgehead atoms. The van der Waals surface area contributed by atoms with E-state index in [1.54, 1.807) is 4.90 Å². The molecule has 3 rings (SSSR count). The molecule has 0 aliphatic rings. The first-order valence-corrected chi connectivity index (χ1v) is 13.5. The minimum absolute atomic E-state index is 0.177. The quantitative estimate of drug-likeness (QED) is 0.316. The van der Waals surface area contributed by atoms with E-state index in [9.17, 15) is 9.59 Å². The summed E-state index contributed by atoms with van der Waals surface area (Å²) < 4.78 is 6.76. The summed E-state index contributed by atoms with van der Waals surface area (Å²) in [7, 11) is 0. The van der Waals surface area contributed by atoms with Crippen LogP contribution in [0.2, 0.25) is 0 Å². The van der Waals surface area contributed by atoms with E-state index in [-0.39, 0.29) is 18.4 Å². The van der Waals surface area contributed by atoms with Gasteiger partial charge >= 0.3 is 0 Å². The third kappa shape index (κ3) is 8.46. The van der Waals surface area contributed by atoms with Crippen LogP contribution in [0.4, 0.5) is 0 Å². The molecule has 0 aliphatic carbocycles. The van der Waals surface area contributed by atoms with Gasteiger partial charge in [0.25, 0.3) is 5.91 Å². The number of rotatable bonds is 10. The van der Waals surface area contributed by atoms with Crippen molar-refractivity contribution in [2.75, 3.05) is 6.61 Å². The molecule has 0 fully saturated rings. The van der Waals surface area contributed by atoms with E-state index in [0.29, 0.717) is 18.7 Å². The Balaban J connectivity index is 1.94. The van der Waals surface area contributed by atoms with E-state index in [1.807, 2.05) is 100 Å². The third-order valence-corrected chi connectivity index (χ3v) is 6.75. The fourth-order valence-corrected chi connectivity index (χ4v) is 4.62. The minimum Gasteiger partial charge on any atom is -0.483 e. The molecule has 6 heteroatoms. The van der Waals surface area contributed by atoms with Gasteiger partial charge < -0.3 is 15.0 Å². The van der Waals surface area contributed by atoms with E-state index in [4.69, 9.17) is 4.74 Å². The number of benzene rings is 3. The van der Waals surface area contributed by atoms with Gasteiger partial charge in [0.05, 0.1) is 4.47 Å². The number of halogens is 1. The van der Waals surface area contributed by atoms with Gasteiger partial charge in [0.1, 0.15) is 11.8 Å². The Morgan fingerprint density at radius 2 is 1.65 bits per heavy atom. The summed E-state index contributed by atoms with van der Waals surface area (Å²) in [4.78, 5) is 29.1. The summed E-state index contributed by atoms with van der Waals surface area (Å²) in [6, 6.07) is 22.9. The molecule has 196 valence electrons. The molecule has 0 spiro atoms. The number of carbonyl (C=O) groups excluding carboxylic acids is 2. The SMILES string of the molecule is CCc1ccc(OCC(=O)N(Cc2ccccc2C)[C@H](Cc2ccccc2)C(=O)NC(C)(C)C)c(Br)c1. The lowest BCUT2D eigenvalue weighted by Crippen LogP contribution is -2.55. The van der Waals surface area contributed by atoms with Crippen molar-refractivity contribution in [2.45, 2.75) is 65.6 Å². The number of hydrogen-bond acceptors (Lipinski definition) is 3. The van der Waals surface area contributed by atoms with Crippen LogP contribution < -0.4 is 10.1 Å². The second-order valence-electron chi connectivity index (χ2n) is 10.3. The second kappa shape index (κ2) is 12.9. The van der Waals surface area contributed by atoms with Gasteiger partial charge in [-0.2, -0.15) is 0 Å². The molecule has 0 aromatic heterocycles. The van der Waals surface area contributed by atoms with Gasteiger partial charge in [0, 0.05) is 18.5 Å². The van der Waals surface area contributed by atoms with Gasteiger partial charge in [-0.1, -0.05) is 67.6 Å². The van der Waals surface area contributed by atoms with Crippen LogP contribution in [-0.2, 0) is 29.0 Å². The van der Waals surface area contributed by atoms with E-state index < -0.39 is 11.6 Å². The Labute approximate surface area is 229 Å². The highest BCUT2D eigenvalue weighted by atomic mass is 79.9. The molecule has 0 saturated carbocycles. The molecule has 0 unspecified atom stereocenters.